The quantitative estimate of drug-likeness (QED) is 0.777. The maximum atomic E-state index is 13.8. The van der Waals surface area contributed by atoms with Crippen molar-refractivity contribution in [2.24, 2.45) is 0 Å². The molecule has 3 rings (SSSR count). The molecule has 0 aliphatic carbocycles. The highest BCUT2D eigenvalue weighted by Crippen LogP contribution is 2.21. The van der Waals surface area contributed by atoms with Gasteiger partial charge >= 0.3 is 0 Å². The van der Waals surface area contributed by atoms with Crippen LogP contribution >= 0.6 is 0 Å². The Balaban J connectivity index is 1.82. The van der Waals surface area contributed by atoms with Gasteiger partial charge in [0.25, 0.3) is 0 Å². The monoisotopic (exact) mass is 328 g/mol. The second-order valence-electron chi connectivity index (χ2n) is 5.90. The number of halogens is 2. The number of nitrogens with one attached hydrogen (secondary N) is 1. The van der Waals surface area contributed by atoms with Gasteiger partial charge in [0.05, 0.1) is 5.52 Å². The van der Waals surface area contributed by atoms with Crippen LogP contribution in [0.2, 0.25) is 0 Å². The first-order valence-corrected chi connectivity index (χ1v) is 7.59. The van der Waals surface area contributed by atoms with E-state index < -0.39 is 0 Å². The first-order valence-electron chi connectivity index (χ1n) is 7.59. The molecule has 1 heterocycles. The van der Waals surface area contributed by atoms with E-state index in [1.165, 1.54) is 24.5 Å². The minimum atomic E-state index is -0.338. The molecule has 1 aromatic heterocycles. The molecular weight excluding hydrogens is 310 g/mol. The predicted octanol–water partition coefficient (Wildman–Crippen LogP) is 3.58. The molecule has 0 unspecified atom stereocenters. The molecule has 0 saturated heterocycles. The summed E-state index contributed by atoms with van der Waals surface area (Å²) in [7, 11) is 3.79. The molecule has 3 aromatic rings. The van der Waals surface area contributed by atoms with Crippen LogP contribution in [0.3, 0.4) is 0 Å². The molecule has 0 aliphatic heterocycles. The van der Waals surface area contributed by atoms with Crippen LogP contribution in [0.1, 0.15) is 11.1 Å². The average Bonchev–Trinajstić information content (AvgIpc) is 2.55. The van der Waals surface area contributed by atoms with Crippen molar-refractivity contribution < 1.29 is 8.78 Å². The largest absolute Gasteiger partial charge is 0.365 e. The molecule has 24 heavy (non-hydrogen) atoms. The number of aromatic nitrogens is 2. The second-order valence-corrected chi connectivity index (χ2v) is 5.90. The summed E-state index contributed by atoms with van der Waals surface area (Å²) in [5, 5.41) is 3.80. The molecule has 124 valence electrons. The Morgan fingerprint density at radius 1 is 1.04 bits per heavy atom. The van der Waals surface area contributed by atoms with Gasteiger partial charge in [-0.3, -0.25) is 0 Å². The average molecular weight is 328 g/mol. The fourth-order valence-corrected chi connectivity index (χ4v) is 2.56. The van der Waals surface area contributed by atoms with Gasteiger partial charge in [0.1, 0.15) is 23.8 Å². The molecule has 4 nitrogen and oxygen atoms in total. The van der Waals surface area contributed by atoms with E-state index in [4.69, 9.17) is 0 Å². The van der Waals surface area contributed by atoms with Crippen molar-refractivity contribution in [1.82, 2.24) is 14.9 Å². The predicted molar refractivity (Wildman–Crippen MR) is 90.6 cm³/mol. The van der Waals surface area contributed by atoms with Crippen LogP contribution in [0.5, 0.6) is 0 Å². The van der Waals surface area contributed by atoms with Crippen LogP contribution < -0.4 is 5.32 Å². The minimum Gasteiger partial charge on any atom is -0.365 e. The van der Waals surface area contributed by atoms with Gasteiger partial charge < -0.3 is 10.2 Å². The molecule has 0 radical (unpaired) electrons. The van der Waals surface area contributed by atoms with E-state index in [2.05, 4.69) is 15.3 Å². The van der Waals surface area contributed by atoms with Crippen LogP contribution in [0.25, 0.3) is 10.9 Å². The molecule has 6 heteroatoms. The zero-order valence-electron chi connectivity index (χ0n) is 13.6. The lowest BCUT2D eigenvalue weighted by Crippen LogP contribution is -2.12. The SMILES string of the molecule is CN(C)Cc1cc(CNc2ncnc3ccc(F)cc23)ccc1F. The molecule has 0 bridgehead atoms. The number of hydrogen-bond acceptors (Lipinski definition) is 4. The first-order chi connectivity index (χ1) is 11.5. The zero-order valence-corrected chi connectivity index (χ0v) is 13.6. The van der Waals surface area contributed by atoms with Gasteiger partial charge in [-0.15, -0.1) is 0 Å². The molecule has 0 saturated carbocycles. The van der Waals surface area contributed by atoms with Crippen molar-refractivity contribution in [3.05, 3.63) is 65.5 Å². The van der Waals surface area contributed by atoms with Crippen molar-refractivity contribution in [2.75, 3.05) is 19.4 Å². The van der Waals surface area contributed by atoms with E-state index in [0.717, 1.165) is 5.56 Å². The van der Waals surface area contributed by atoms with Gasteiger partial charge in [-0.05, 0) is 50.0 Å². The van der Waals surface area contributed by atoms with E-state index in [-0.39, 0.29) is 11.6 Å². The number of hydrogen-bond donors (Lipinski definition) is 1. The number of fused-ring (bicyclic) bond motifs is 1. The van der Waals surface area contributed by atoms with E-state index in [0.29, 0.717) is 35.4 Å². The highest BCUT2D eigenvalue weighted by atomic mass is 19.1. The van der Waals surface area contributed by atoms with Crippen LogP contribution in [0.4, 0.5) is 14.6 Å². The first kappa shape index (κ1) is 16.3. The third-order valence-electron chi connectivity index (χ3n) is 3.65. The zero-order chi connectivity index (χ0) is 17.1. The van der Waals surface area contributed by atoms with E-state index in [1.54, 1.807) is 12.1 Å². The van der Waals surface area contributed by atoms with Gasteiger partial charge in [0, 0.05) is 24.0 Å². The Morgan fingerprint density at radius 2 is 1.88 bits per heavy atom. The third kappa shape index (κ3) is 3.65. The van der Waals surface area contributed by atoms with Gasteiger partial charge in [-0.2, -0.15) is 0 Å². The van der Waals surface area contributed by atoms with Gasteiger partial charge in [-0.1, -0.05) is 6.07 Å². The van der Waals surface area contributed by atoms with Crippen LogP contribution in [0, 0.1) is 11.6 Å². The lowest BCUT2D eigenvalue weighted by molar-refractivity contribution is 0.392. The smallest absolute Gasteiger partial charge is 0.137 e. The number of anilines is 1. The molecule has 1 N–H and O–H groups in total. The van der Waals surface area contributed by atoms with Crippen molar-refractivity contribution in [3.8, 4) is 0 Å². The molecule has 2 aromatic carbocycles. The summed E-state index contributed by atoms with van der Waals surface area (Å²) in [4.78, 5) is 10.2. The van der Waals surface area contributed by atoms with Crippen molar-refractivity contribution in [2.45, 2.75) is 13.1 Å². The van der Waals surface area contributed by atoms with Gasteiger partial charge in [0.15, 0.2) is 0 Å². The molecule has 0 aliphatic rings. The maximum Gasteiger partial charge on any atom is 0.137 e. The summed E-state index contributed by atoms with van der Waals surface area (Å²) >= 11 is 0. The van der Waals surface area contributed by atoms with Crippen molar-refractivity contribution in [1.29, 1.82) is 0 Å². The third-order valence-corrected chi connectivity index (χ3v) is 3.65. The van der Waals surface area contributed by atoms with E-state index in [1.807, 2.05) is 25.1 Å². The van der Waals surface area contributed by atoms with Crippen molar-refractivity contribution in [3.63, 3.8) is 0 Å². The lowest BCUT2D eigenvalue weighted by Gasteiger charge is -2.13. The molecule has 0 fully saturated rings. The summed E-state index contributed by atoms with van der Waals surface area (Å²) in [6.45, 7) is 0.991. The Hall–Kier alpha value is -2.60. The Labute approximate surface area is 139 Å². The number of rotatable bonds is 5. The molecule has 0 atom stereocenters. The Morgan fingerprint density at radius 3 is 2.67 bits per heavy atom. The fraction of sp³-hybridized carbons (Fsp3) is 0.222. The van der Waals surface area contributed by atoms with Crippen LogP contribution in [-0.4, -0.2) is 29.0 Å². The summed E-state index contributed by atoms with van der Waals surface area (Å²) in [6.07, 6.45) is 1.44. The van der Waals surface area contributed by atoms with Gasteiger partial charge in [0.2, 0.25) is 0 Å². The Bertz CT molecular complexity index is 865. The molecular formula is C18H18F2N4. The summed E-state index contributed by atoms with van der Waals surface area (Å²) in [5.41, 5.74) is 2.23. The van der Waals surface area contributed by atoms with Crippen molar-refractivity contribution >= 4 is 16.7 Å². The highest BCUT2D eigenvalue weighted by molar-refractivity contribution is 5.88. The van der Waals surface area contributed by atoms with Crippen LogP contribution in [-0.2, 0) is 13.1 Å². The molecule has 0 amide bonds. The highest BCUT2D eigenvalue weighted by Gasteiger charge is 2.07. The Kier molecular flexibility index (Phi) is 4.66. The lowest BCUT2D eigenvalue weighted by atomic mass is 10.1. The fourth-order valence-electron chi connectivity index (χ4n) is 2.56. The summed E-state index contributed by atoms with van der Waals surface area (Å²) in [6, 6.07) is 9.41. The maximum absolute atomic E-state index is 13.8. The molecule has 0 spiro atoms. The minimum absolute atomic E-state index is 0.220. The standard InChI is InChI=1S/C18H18F2N4/c1-24(2)10-13-7-12(3-5-16(13)20)9-21-18-15-8-14(19)4-6-17(15)22-11-23-18/h3-8,11H,9-10H2,1-2H3,(H,21,22,23). The van der Waals surface area contributed by atoms with E-state index >= 15 is 0 Å². The van der Waals surface area contributed by atoms with Crippen LogP contribution in [0.15, 0.2) is 42.7 Å². The van der Waals surface area contributed by atoms with Gasteiger partial charge in [-0.25, -0.2) is 18.7 Å². The number of benzene rings is 2. The van der Waals surface area contributed by atoms with E-state index in [9.17, 15) is 8.78 Å². The topological polar surface area (TPSA) is 41.0 Å². The summed E-state index contributed by atoms with van der Waals surface area (Å²) < 4.78 is 27.3. The second kappa shape index (κ2) is 6.88. The normalized spacial score (nSPS) is 11.2. The number of nitrogens with zero attached hydrogens (tertiary/aromatic N) is 3. The summed E-state index contributed by atoms with van der Waals surface area (Å²) in [5.74, 6) is -0.00427.